The molecule has 0 fully saturated rings. The van der Waals surface area contributed by atoms with E-state index in [0.717, 1.165) is 18.8 Å². The summed E-state index contributed by atoms with van der Waals surface area (Å²) < 4.78 is 5.52. The van der Waals surface area contributed by atoms with Gasteiger partial charge in [-0.05, 0) is 49.3 Å². The molecule has 0 amide bonds. The lowest BCUT2D eigenvalue weighted by molar-refractivity contribution is 0.250. The number of aromatic amines is 1. The number of furan rings is 1. The fourth-order valence-electron chi connectivity index (χ4n) is 2.58. The molecule has 1 aromatic carbocycles. The Morgan fingerprint density at radius 2 is 2.14 bits per heavy atom. The number of benzene rings is 1. The molecule has 4 nitrogen and oxygen atoms in total. The molecule has 0 saturated carbocycles. The van der Waals surface area contributed by atoms with Crippen LogP contribution in [0.3, 0.4) is 0 Å². The number of H-pyrrole nitrogens is 1. The summed E-state index contributed by atoms with van der Waals surface area (Å²) in [5.41, 5.74) is 2.46. The summed E-state index contributed by atoms with van der Waals surface area (Å²) in [5, 5.41) is 4.76. The molecule has 0 saturated heterocycles. The number of fused-ring (bicyclic) bond motifs is 1. The van der Waals surface area contributed by atoms with Crippen molar-refractivity contribution in [3.8, 4) is 0 Å². The zero-order valence-corrected chi connectivity index (χ0v) is 12.5. The van der Waals surface area contributed by atoms with Crippen LogP contribution < -0.4 is 5.32 Å². The van der Waals surface area contributed by atoms with Gasteiger partial charge in [0.05, 0.1) is 12.3 Å². The number of nitrogens with zero attached hydrogens (tertiary/aromatic N) is 1. The average Bonchev–Trinajstić information content (AvgIpc) is 3.13. The third kappa shape index (κ3) is 3.17. The van der Waals surface area contributed by atoms with Gasteiger partial charge in [-0.3, -0.25) is 4.90 Å². The first-order valence-electron chi connectivity index (χ1n) is 7.20. The maximum atomic E-state index is 5.52. The second-order valence-corrected chi connectivity index (χ2v) is 5.53. The SMILES string of the molecule is CN(C)C(CNCc1ccc2cc[nH]c2c1)c1ccco1. The fourth-order valence-corrected chi connectivity index (χ4v) is 2.58. The summed E-state index contributed by atoms with van der Waals surface area (Å²) in [6.07, 6.45) is 3.70. The Balaban J connectivity index is 1.61. The standard InChI is InChI=1S/C17H21N3O/c1-20(2)16(17-4-3-9-21-17)12-18-11-13-5-6-14-7-8-19-15(14)10-13/h3-10,16,18-19H,11-12H2,1-2H3. The molecule has 2 heterocycles. The van der Waals surface area contributed by atoms with Crippen molar-refractivity contribution in [2.75, 3.05) is 20.6 Å². The number of likely N-dealkylation sites (N-methyl/N-ethyl adjacent to an activating group) is 1. The first-order valence-corrected chi connectivity index (χ1v) is 7.20. The molecule has 0 aliphatic heterocycles. The van der Waals surface area contributed by atoms with Gasteiger partial charge in [-0.25, -0.2) is 0 Å². The molecule has 110 valence electrons. The second kappa shape index (κ2) is 6.16. The zero-order chi connectivity index (χ0) is 14.7. The van der Waals surface area contributed by atoms with Crippen molar-refractivity contribution in [3.63, 3.8) is 0 Å². The van der Waals surface area contributed by atoms with E-state index in [1.54, 1.807) is 6.26 Å². The van der Waals surface area contributed by atoms with Gasteiger partial charge >= 0.3 is 0 Å². The smallest absolute Gasteiger partial charge is 0.122 e. The van der Waals surface area contributed by atoms with Gasteiger partial charge in [0.15, 0.2) is 0 Å². The van der Waals surface area contributed by atoms with E-state index in [1.165, 1.54) is 16.5 Å². The van der Waals surface area contributed by atoms with Gasteiger partial charge in [0.1, 0.15) is 5.76 Å². The summed E-state index contributed by atoms with van der Waals surface area (Å²) in [4.78, 5) is 5.42. The molecule has 21 heavy (non-hydrogen) atoms. The lowest BCUT2D eigenvalue weighted by Gasteiger charge is -2.22. The van der Waals surface area contributed by atoms with Crippen LogP contribution in [-0.4, -0.2) is 30.5 Å². The van der Waals surface area contributed by atoms with Crippen LogP contribution in [0.4, 0.5) is 0 Å². The maximum Gasteiger partial charge on any atom is 0.122 e. The third-order valence-corrected chi connectivity index (χ3v) is 3.78. The van der Waals surface area contributed by atoms with Crippen molar-refractivity contribution < 1.29 is 4.42 Å². The maximum absolute atomic E-state index is 5.52. The van der Waals surface area contributed by atoms with E-state index in [0.29, 0.717) is 0 Å². The van der Waals surface area contributed by atoms with Crippen molar-refractivity contribution in [1.29, 1.82) is 0 Å². The molecular weight excluding hydrogens is 262 g/mol. The highest BCUT2D eigenvalue weighted by molar-refractivity contribution is 5.79. The summed E-state index contributed by atoms with van der Waals surface area (Å²) >= 11 is 0. The van der Waals surface area contributed by atoms with Crippen molar-refractivity contribution in [2.24, 2.45) is 0 Å². The van der Waals surface area contributed by atoms with E-state index in [2.05, 4.69) is 53.6 Å². The van der Waals surface area contributed by atoms with Crippen LogP contribution in [0.1, 0.15) is 17.4 Å². The molecule has 4 heteroatoms. The highest BCUT2D eigenvalue weighted by Gasteiger charge is 2.16. The van der Waals surface area contributed by atoms with Crippen LogP contribution in [0.5, 0.6) is 0 Å². The Morgan fingerprint density at radius 1 is 1.24 bits per heavy atom. The minimum absolute atomic E-state index is 0.245. The van der Waals surface area contributed by atoms with Gasteiger partial charge in [-0.2, -0.15) is 0 Å². The molecule has 0 aliphatic carbocycles. The number of aromatic nitrogens is 1. The summed E-state index contributed by atoms with van der Waals surface area (Å²) in [6.45, 7) is 1.70. The van der Waals surface area contributed by atoms with Gasteiger partial charge < -0.3 is 14.7 Å². The molecule has 0 radical (unpaired) electrons. The molecule has 0 aliphatic rings. The Bertz CT molecular complexity index is 685. The molecule has 3 rings (SSSR count). The lowest BCUT2D eigenvalue weighted by Crippen LogP contribution is -2.30. The van der Waals surface area contributed by atoms with E-state index < -0.39 is 0 Å². The number of nitrogens with one attached hydrogen (secondary N) is 2. The average molecular weight is 283 g/mol. The predicted molar refractivity (Wildman–Crippen MR) is 85.1 cm³/mol. The van der Waals surface area contributed by atoms with E-state index in [1.807, 2.05) is 18.3 Å². The van der Waals surface area contributed by atoms with Crippen LogP contribution in [0.15, 0.2) is 53.3 Å². The fraction of sp³-hybridized carbons (Fsp3) is 0.294. The number of rotatable bonds is 6. The molecule has 0 spiro atoms. The quantitative estimate of drug-likeness (QED) is 0.730. The Kier molecular flexibility index (Phi) is 4.08. The Hall–Kier alpha value is -2.04. The van der Waals surface area contributed by atoms with Crippen molar-refractivity contribution in [3.05, 3.63) is 60.2 Å². The Labute approximate surface area is 124 Å². The minimum atomic E-state index is 0.245. The van der Waals surface area contributed by atoms with Crippen LogP contribution >= 0.6 is 0 Å². The monoisotopic (exact) mass is 283 g/mol. The van der Waals surface area contributed by atoms with Gasteiger partial charge in [-0.15, -0.1) is 0 Å². The zero-order valence-electron chi connectivity index (χ0n) is 12.5. The second-order valence-electron chi connectivity index (χ2n) is 5.53. The molecular formula is C17H21N3O. The van der Waals surface area contributed by atoms with E-state index in [4.69, 9.17) is 4.42 Å². The van der Waals surface area contributed by atoms with E-state index in [9.17, 15) is 0 Å². The number of hydrogen-bond donors (Lipinski definition) is 2. The minimum Gasteiger partial charge on any atom is -0.468 e. The summed E-state index contributed by atoms with van der Waals surface area (Å²) in [7, 11) is 4.14. The molecule has 1 atom stereocenters. The van der Waals surface area contributed by atoms with Gasteiger partial charge in [0.2, 0.25) is 0 Å². The largest absolute Gasteiger partial charge is 0.468 e. The summed E-state index contributed by atoms with van der Waals surface area (Å²) in [6, 6.07) is 12.8. The topological polar surface area (TPSA) is 44.2 Å². The molecule has 0 bridgehead atoms. The van der Waals surface area contributed by atoms with Crippen LogP contribution in [0.25, 0.3) is 10.9 Å². The van der Waals surface area contributed by atoms with Gasteiger partial charge in [-0.1, -0.05) is 12.1 Å². The van der Waals surface area contributed by atoms with Gasteiger partial charge in [0.25, 0.3) is 0 Å². The first kappa shape index (κ1) is 13.9. The highest BCUT2D eigenvalue weighted by atomic mass is 16.3. The molecule has 2 aromatic heterocycles. The normalized spacial score (nSPS) is 13.1. The van der Waals surface area contributed by atoms with Crippen molar-refractivity contribution >= 4 is 10.9 Å². The molecule has 1 unspecified atom stereocenters. The van der Waals surface area contributed by atoms with Crippen LogP contribution in [0.2, 0.25) is 0 Å². The van der Waals surface area contributed by atoms with Crippen LogP contribution in [0, 0.1) is 0 Å². The first-order chi connectivity index (χ1) is 10.2. The lowest BCUT2D eigenvalue weighted by atomic mass is 10.1. The third-order valence-electron chi connectivity index (χ3n) is 3.78. The molecule has 2 N–H and O–H groups in total. The van der Waals surface area contributed by atoms with E-state index in [-0.39, 0.29) is 6.04 Å². The van der Waals surface area contributed by atoms with Gasteiger partial charge in [0, 0.05) is 24.8 Å². The van der Waals surface area contributed by atoms with Crippen LogP contribution in [-0.2, 0) is 6.54 Å². The molecule has 3 aromatic rings. The predicted octanol–water partition coefficient (Wildman–Crippen LogP) is 3.15. The van der Waals surface area contributed by atoms with E-state index >= 15 is 0 Å². The Morgan fingerprint density at radius 3 is 2.90 bits per heavy atom. The number of hydrogen-bond acceptors (Lipinski definition) is 3. The summed E-state index contributed by atoms with van der Waals surface area (Å²) in [5.74, 6) is 0.993. The van der Waals surface area contributed by atoms with Crippen molar-refractivity contribution in [1.82, 2.24) is 15.2 Å². The van der Waals surface area contributed by atoms with Crippen molar-refractivity contribution in [2.45, 2.75) is 12.6 Å². The highest BCUT2D eigenvalue weighted by Crippen LogP contribution is 2.18.